The Labute approximate surface area is 123 Å². The van der Waals surface area contributed by atoms with Gasteiger partial charge in [-0.3, -0.25) is 4.98 Å². The van der Waals surface area contributed by atoms with Crippen molar-refractivity contribution in [3.8, 4) is 0 Å². The van der Waals surface area contributed by atoms with Crippen LogP contribution in [0.1, 0.15) is 56.7 Å². The lowest BCUT2D eigenvalue weighted by Crippen LogP contribution is -2.35. The molecule has 0 saturated carbocycles. The molecule has 3 heteroatoms. The molecule has 20 heavy (non-hydrogen) atoms. The van der Waals surface area contributed by atoms with E-state index < -0.39 is 0 Å². The second-order valence-corrected chi connectivity index (χ2v) is 5.88. The van der Waals surface area contributed by atoms with Crippen LogP contribution in [0.5, 0.6) is 0 Å². The van der Waals surface area contributed by atoms with E-state index in [1.165, 1.54) is 30.5 Å². The highest BCUT2D eigenvalue weighted by Crippen LogP contribution is 2.35. The van der Waals surface area contributed by atoms with E-state index >= 15 is 0 Å². The highest BCUT2D eigenvalue weighted by atomic mass is 16.5. The van der Waals surface area contributed by atoms with Crippen LogP contribution in [0.25, 0.3) is 0 Å². The predicted octanol–water partition coefficient (Wildman–Crippen LogP) is 3.29. The molecular formula is C17H28N2O. The van der Waals surface area contributed by atoms with Gasteiger partial charge in [-0.15, -0.1) is 0 Å². The van der Waals surface area contributed by atoms with Gasteiger partial charge in [0.1, 0.15) is 0 Å². The zero-order valence-corrected chi connectivity index (χ0v) is 13.1. The van der Waals surface area contributed by atoms with Crippen molar-refractivity contribution in [3.63, 3.8) is 0 Å². The number of ether oxygens (including phenoxy) is 1. The molecular weight excluding hydrogens is 248 g/mol. The van der Waals surface area contributed by atoms with E-state index in [9.17, 15) is 0 Å². The molecule has 1 aliphatic rings. The summed E-state index contributed by atoms with van der Waals surface area (Å²) in [7, 11) is 1.80. The molecule has 0 amide bonds. The highest BCUT2D eigenvalue weighted by molar-refractivity contribution is 5.29. The summed E-state index contributed by atoms with van der Waals surface area (Å²) in [5.74, 6) is 0.571. The first kappa shape index (κ1) is 15.5. The number of aryl methyl sites for hydroxylation is 1. The van der Waals surface area contributed by atoms with Crippen molar-refractivity contribution in [2.45, 2.75) is 64.0 Å². The number of pyridine rings is 1. The minimum Gasteiger partial charge on any atom is -0.382 e. The molecule has 0 aliphatic heterocycles. The fourth-order valence-corrected chi connectivity index (χ4v) is 3.14. The van der Waals surface area contributed by atoms with Gasteiger partial charge in [0.15, 0.2) is 0 Å². The molecule has 0 fully saturated rings. The molecule has 1 N–H and O–H groups in total. The number of hydrogen-bond donors (Lipinski definition) is 1. The van der Waals surface area contributed by atoms with Crippen LogP contribution in [-0.2, 0) is 11.2 Å². The molecule has 2 rings (SSSR count). The van der Waals surface area contributed by atoms with Gasteiger partial charge in [0.05, 0.1) is 6.10 Å². The van der Waals surface area contributed by atoms with Crippen molar-refractivity contribution in [1.82, 2.24) is 10.3 Å². The summed E-state index contributed by atoms with van der Waals surface area (Å²) in [5, 5.41) is 3.74. The van der Waals surface area contributed by atoms with Crippen molar-refractivity contribution in [3.05, 3.63) is 29.6 Å². The number of rotatable bonds is 8. The van der Waals surface area contributed by atoms with Crippen LogP contribution in [0.2, 0.25) is 0 Å². The average molecular weight is 276 g/mol. The largest absolute Gasteiger partial charge is 0.382 e. The zero-order chi connectivity index (χ0) is 14.4. The van der Waals surface area contributed by atoms with Crippen molar-refractivity contribution in [2.24, 2.45) is 0 Å². The number of nitrogens with one attached hydrogen (secondary N) is 1. The van der Waals surface area contributed by atoms with Crippen LogP contribution in [0, 0.1) is 0 Å². The van der Waals surface area contributed by atoms with E-state index in [0.717, 1.165) is 19.4 Å². The normalized spacial score (nSPS) is 20.6. The maximum Gasteiger partial charge on any atom is 0.0543 e. The van der Waals surface area contributed by atoms with Gasteiger partial charge >= 0.3 is 0 Å². The molecule has 112 valence electrons. The summed E-state index contributed by atoms with van der Waals surface area (Å²) in [5.41, 5.74) is 2.77. The van der Waals surface area contributed by atoms with Gasteiger partial charge in [-0.05, 0) is 57.2 Å². The fourth-order valence-electron chi connectivity index (χ4n) is 3.14. The third-order valence-corrected chi connectivity index (χ3v) is 4.43. The minimum atomic E-state index is 0.338. The molecule has 1 aromatic rings. The number of methoxy groups -OCH3 is 1. The standard InChI is InChI=1S/C17H28N2O/c1-4-11-18-16(10-7-13(2)20-3)15-9-8-14-6-5-12-19-17(14)15/h5-6,12-13,15-16,18H,4,7-11H2,1-3H3. The van der Waals surface area contributed by atoms with Crippen molar-refractivity contribution < 1.29 is 4.74 Å². The molecule has 1 aliphatic carbocycles. The summed E-state index contributed by atoms with van der Waals surface area (Å²) in [6.07, 6.45) is 8.13. The Bertz CT molecular complexity index is 408. The van der Waals surface area contributed by atoms with Gasteiger partial charge in [-0.2, -0.15) is 0 Å². The van der Waals surface area contributed by atoms with Crippen LogP contribution < -0.4 is 5.32 Å². The molecule has 3 nitrogen and oxygen atoms in total. The van der Waals surface area contributed by atoms with Gasteiger partial charge in [-0.1, -0.05) is 13.0 Å². The van der Waals surface area contributed by atoms with Gasteiger partial charge in [-0.25, -0.2) is 0 Å². The molecule has 0 aromatic carbocycles. The summed E-state index contributed by atoms with van der Waals surface area (Å²) in [6.45, 7) is 5.46. The Hall–Kier alpha value is -0.930. The maximum atomic E-state index is 5.39. The second kappa shape index (κ2) is 7.75. The Morgan fingerprint density at radius 3 is 3.05 bits per heavy atom. The molecule has 0 bridgehead atoms. The molecule has 0 saturated heterocycles. The van der Waals surface area contributed by atoms with E-state index in [1.807, 2.05) is 6.20 Å². The lowest BCUT2D eigenvalue weighted by atomic mass is 9.92. The molecule has 1 heterocycles. The van der Waals surface area contributed by atoms with E-state index in [0.29, 0.717) is 18.1 Å². The number of aromatic nitrogens is 1. The number of hydrogen-bond acceptors (Lipinski definition) is 3. The van der Waals surface area contributed by atoms with Crippen molar-refractivity contribution in [2.75, 3.05) is 13.7 Å². The minimum absolute atomic E-state index is 0.338. The van der Waals surface area contributed by atoms with E-state index in [2.05, 4.69) is 36.3 Å². The lowest BCUT2D eigenvalue weighted by molar-refractivity contribution is 0.105. The third kappa shape index (κ3) is 3.80. The Balaban J connectivity index is 2.03. The van der Waals surface area contributed by atoms with Crippen LogP contribution in [-0.4, -0.2) is 30.8 Å². The number of nitrogens with zero attached hydrogens (tertiary/aromatic N) is 1. The van der Waals surface area contributed by atoms with Crippen LogP contribution >= 0.6 is 0 Å². The van der Waals surface area contributed by atoms with Crippen LogP contribution in [0.15, 0.2) is 18.3 Å². The molecule has 0 spiro atoms. The summed E-state index contributed by atoms with van der Waals surface area (Å²) < 4.78 is 5.39. The quantitative estimate of drug-likeness (QED) is 0.791. The second-order valence-electron chi connectivity index (χ2n) is 5.88. The topological polar surface area (TPSA) is 34.1 Å². The van der Waals surface area contributed by atoms with Gasteiger partial charge in [0.2, 0.25) is 0 Å². The van der Waals surface area contributed by atoms with E-state index in [-0.39, 0.29) is 0 Å². The van der Waals surface area contributed by atoms with Gasteiger partial charge < -0.3 is 10.1 Å². The first-order valence-corrected chi connectivity index (χ1v) is 7.96. The maximum absolute atomic E-state index is 5.39. The summed E-state index contributed by atoms with van der Waals surface area (Å²) in [6, 6.07) is 4.82. The molecule has 3 atom stereocenters. The van der Waals surface area contributed by atoms with E-state index in [4.69, 9.17) is 4.74 Å². The monoisotopic (exact) mass is 276 g/mol. The highest BCUT2D eigenvalue weighted by Gasteiger charge is 2.30. The summed E-state index contributed by atoms with van der Waals surface area (Å²) in [4.78, 5) is 4.65. The third-order valence-electron chi connectivity index (χ3n) is 4.43. The average Bonchev–Trinajstić information content (AvgIpc) is 2.91. The SMILES string of the molecule is CCCNC(CCC(C)OC)C1CCc2cccnc21. The Kier molecular flexibility index (Phi) is 5.99. The predicted molar refractivity (Wildman–Crippen MR) is 83.1 cm³/mol. The van der Waals surface area contributed by atoms with Crippen LogP contribution in [0.4, 0.5) is 0 Å². The Morgan fingerprint density at radius 2 is 2.30 bits per heavy atom. The molecule has 0 radical (unpaired) electrons. The molecule has 1 aromatic heterocycles. The van der Waals surface area contributed by atoms with Crippen LogP contribution in [0.3, 0.4) is 0 Å². The first-order valence-electron chi connectivity index (χ1n) is 7.96. The number of fused-ring (bicyclic) bond motifs is 1. The van der Waals surface area contributed by atoms with Gasteiger partial charge in [0, 0.05) is 31.0 Å². The zero-order valence-electron chi connectivity index (χ0n) is 13.1. The summed E-state index contributed by atoms with van der Waals surface area (Å²) >= 11 is 0. The lowest BCUT2D eigenvalue weighted by Gasteiger charge is -2.26. The van der Waals surface area contributed by atoms with Crippen molar-refractivity contribution in [1.29, 1.82) is 0 Å². The fraction of sp³-hybridized carbons (Fsp3) is 0.706. The first-order chi connectivity index (χ1) is 9.76. The van der Waals surface area contributed by atoms with Gasteiger partial charge in [0.25, 0.3) is 0 Å². The van der Waals surface area contributed by atoms with E-state index in [1.54, 1.807) is 7.11 Å². The smallest absolute Gasteiger partial charge is 0.0543 e. The Morgan fingerprint density at radius 1 is 1.45 bits per heavy atom. The molecule has 3 unspecified atom stereocenters. The van der Waals surface area contributed by atoms with Crippen molar-refractivity contribution >= 4 is 0 Å².